The fraction of sp³-hybridized carbons (Fsp3) is 0.474. The Kier molecular flexibility index (Phi) is 4.55. The van der Waals surface area contributed by atoms with Gasteiger partial charge in [0.15, 0.2) is 17.1 Å². The Hall–Kier alpha value is -2.54. The van der Waals surface area contributed by atoms with E-state index in [0.717, 1.165) is 41.9 Å². The van der Waals surface area contributed by atoms with Crippen LogP contribution >= 0.6 is 0 Å². The van der Waals surface area contributed by atoms with Gasteiger partial charge in [0.1, 0.15) is 12.4 Å². The van der Waals surface area contributed by atoms with Gasteiger partial charge in [0.05, 0.1) is 11.7 Å². The van der Waals surface area contributed by atoms with E-state index in [1.807, 2.05) is 19.2 Å². The lowest BCUT2D eigenvalue weighted by molar-refractivity contribution is -0.118. The summed E-state index contributed by atoms with van der Waals surface area (Å²) in [5.41, 5.74) is 3.75. The third kappa shape index (κ3) is 2.92. The van der Waals surface area contributed by atoms with Crippen molar-refractivity contribution < 1.29 is 9.53 Å². The Bertz CT molecular complexity index is 971. The minimum atomic E-state index is 0.0423. The van der Waals surface area contributed by atoms with Gasteiger partial charge in [-0.2, -0.15) is 0 Å². The monoisotopic (exact) mass is 353 g/mol. The van der Waals surface area contributed by atoms with Gasteiger partial charge in [-0.25, -0.2) is 4.98 Å². The molecule has 0 aromatic carbocycles. The van der Waals surface area contributed by atoms with Crippen molar-refractivity contribution in [3.05, 3.63) is 35.9 Å². The second kappa shape index (κ2) is 6.99. The molecule has 3 heterocycles. The maximum absolute atomic E-state index is 12.1. The number of ether oxygens (including phenoxy) is 1. The lowest BCUT2D eigenvalue weighted by Crippen LogP contribution is -2.09. The molecule has 1 aliphatic carbocycles. The molecule has 26 heavy (non-hydrogen) atoms. The summed E-state index contributed by atoms with van der Waals surface area (Å²) in [7, 11) is 0. The van der Waals surface area contributed by atoms with Crippen LogP contribution in [-0.4, -0.2) is 43.6 Å². The van der Waals surface area contributed by atoms with E-state index in [1.54, 1.807) is 12.3 Å². The highest BCUT2D eigenvalue weighted by Crippen LogP contribution is 2.44. The smallest absolute Gasteiger partial charge is 0.181 e. The van der Waals surface area contributed by atoms with Crippen molar-refractivity contribution in [1.29, 1.82) is 0 Å². The molecule has 0 radical (unpaired) electrons. The first-order valence-electron chi connectivity index (χ1n) is 9.18. The lowest BCUT2D eigenvalue weighted by atomic mass is 9.93. The highest BCUT2D eigenvalue weighted by atomic mass is 16.5. The molecule has 2 unspecified atom stereocenters. The first kappa shape index (κ1) is 16.9. The van der Waals surface area contributed by atoms with E-state index in [2.05, 4.69) is 31.5 Å². The van der Waals surface area contributed by atoms with Gasteiger partial charge in [0.2, 0.25) is 0 Å². The number of carbonyl (C=O) groups is 1. The van der Waals surface area contributed by atoms with E-state index < -0.39 is 0 Å². The summed E-state index contributed by atoms with van der Waals surface area (Å²) in [6.07, 6.45) is 8.20. The third-order valence-electron chi connectivity index (χ3n) is 5.21. The largest absolute Gasteiger partial charge is 0.374 e. The van der Waals surface area contributed by atoms with Gasteiger partial charge < -0.3 is 9.72 Å². The highest BCUT2D eigenvalue weighted by Gasteiger charge is 2.34. The molecule has 3 aromatic rings. The van der Waals surface area contributed by atoms with Crippen LogP contribution in [0.2, 0.25) is 0 Å². The van der Waals surface area contributed by atoms with Gasteiger partial charge in [-0.1, -0.05) is 18.9 Å². The van der Waals surface area contributed by atoms with Crippen LogP contribution < -0.4 is 0 Å². The van der Waals surface area contributed by atoms with Crippen LogP contribution in [0.1, 0.15) is 44.9 Å². The molecule has 0 amide bonds. The fourth-order valence-corrected chi connectivity index (χ4v) is 3.97. The number of hydrogen-bond acceptors (Lipinski definition) is 5. The minimum absolute atomic E-state index is 0.0423. The van der Waals surface area contributed by atoms with Gasteiger partial charge >= 0.3 is 0 Å². The second-order valence-corrected chi connectivity index (χ2v) is 6.81. The second-order valence-electron chi connectivity index (χ2n) is 6.81. The number of fused-ring (bicyclic) bond motifs is 3. The molecule has 1 fully saturated rings. The number of ketones is 1. The van der Waals surface area contributed by atoms with Gasteiger partial charge in [0, 0.05) is 18.7 Å². The lowest BCUT2D eigenvalue weighted by Gasteiger charge is -2.15. The number of H-pyrrole nitrogens is 1. The first-order chi connectivity index (χ1) is 12.7. The molecule has 0 aliphatic heterocycles. The molecule has 1 N–H and O–H groups in total. The molecule has 7 heteroatoms. The summed E-state index contributed by atoms with van der Waals surface area (Å²) in [6.45, 7) is 4.80. The highest BCUT2D eigenvalue weighted by molar-refractivity contribution is 5.91. The molecule has 7 nitrogen and oxygen atoms in total. The molecule has 4 rings (SSSR count). The average molecular weight is 353 g/mol. The molecule has 0 bridgehead atoms. The van der Waals surface area contributed by atoms with Crippen LogP contribution in [-0.2, 0) is 9.53 Å². The molecule has 136 valence electrons. The Morgan fingerprint density at radius 2 is 2.27 bits per heavy atom. The first-order valence-corrected chi connectivity index (χ1v) is 9.18. The number of aromatic amines is 1. The molecule has 3 aromatic heterocycles. The van der Waals surface area contributed by atoms with E-state index in [1.165, 1.54) is 5.57 Å². The van der Waals surface area contributed by atoms with E-state index in [-0.39, 0.29) is 18.3 Å². The molecule has 1 aliphatic rings. The molecular weight excluding hydrogens is 330 g/mol. The normalized spacial score (nSPS) is 22.0. The predicted octanol–water partition coefficient (Wildman–Crippen LogP) is 3.04. The number of nitrogens with one attached hydrogen (secondary N) is 1. The topological polar surface area (TPSA) is 85.2 Å². The maximum Gasteiger partial charge on any atom is 0.181 e. The van der Waals surface area contributed by atoms with E-state index in [9.17, 15) is 4.79 Å². The van der Waals surface area contributed by atoms with Gasteiger partial charge in [-0.05, 0) is 37.8 Å². The molecular formula is C19H23N5O2. The number of allylic oxidation sites excluding steroid dienone is 1. The zero-order valence-corrected chi connectivity index (χ0v) is 15.1. The summed E-state index contributed by atoms with van der Waals surface area (Å²) in [5.74, 6) is 1.71. The third-order valence-corrected chi connectivity index (χ3v) is 5.21. The molecule has 1 saturated carbocycles. The Morgan fingerprint density at radius 1 is 1.38 bits per heavy atom. The summed E-state index contributed by atoms with van der Waals surface area (Å²) >= 11 is 0. The summed E-state index contributed by atoms with van der Waals surface area (Å²) in [5, 5.41) is 8.81. The number of hydrogen-bond donors (Lipinski definition) is 1. The number of rotatable bonds is 6. The van der Waals surface area contributed by atoms with Crippen molar-refractivity contribution in [3.8, 4) is 0 Å². The van der Waals surface area contributed by atoms with Crippen LogP contribution in [0.15, 0.2) is 30.1 Å². The van der Waals surface area contributed by atoms with Gasteiger partial charge in [0.25, 0.3) is 0 Å². The Balaban J connectivity index is 1.69. The Morgan fingerprint density at radius 3 is 3.08 bits per heavy atom. The minimum Gasteiger partial charge on any atom is -0.374 e. The molecule has 0 saturated heterocycles. The summed E-state index contributed by atoms with van der Waals surface area (Å²) in [4.78, 5) is 19.6. The van der Waals surface area contributed by atoms with Crippen LogP contribution in [0.3, 0.4) is 0 Å². The van der Waals surface area contributed by atoms with Gasteiger partial charge in [-0.15, -0.1) is 10.2 Å². The predicted molar refractivity (Wildman–Crippen MR) is 98.0 cm³/mol. The van der Waals surface area contributed by atoms with Crippen LogP contribution in [0.5, 0.6) is 0 Å². The van der Waals surface area contributed by atoms with Crippen molar-refractivity contribution in [2.45, 2.75) is 39.0 Å². The van der Waals surface area contributed by atoms with Crippen molar-refractivity contribution in [2.75, 3.05) is 13.2 Å². The van der Waals surface area contributed by atoms with Gasteiger partial charge in [-0.3, -0.25) is 9.20 Å². The zero-order chi connectivity index (χ0) is 18.1. The average Bonchev–Trinajstić information content (AvgIpc) is 3.35. The number of aromatic nitrogens is 5. The van der Waals surface area contributed by atoms with Crippen molar-refractivity contribution in [1.82, 2.24) is 24.6 Å². The number of nitrogens with zero attached hydrogens (tertiary/aromatic N) is 4. The molecule has 2 atom stereocenters. The van der Waals surface area contributed by atoms with Crippen molar-refractivity contribution in [3.63, 3.8) is 0 Å². The fourth-order valence-electron chi connectivity index (χ4n) is 3.97. The number of carbonyl (C=O) groups excluding carboxylic acids is 1. The van der Waals surface area contributed by atoms with Crippen LogP contribution in [0, 0.1) is 5.92 Å². The van der Waals surface area contributed by atoms with E-state index >= 15 is 0 Å². The molecule has 0 spiro atoms. The van der Waals surface area contributed by atoms with Crippen LogP contribution in [0.4, 0.5) is 0 Å². The maximum atomic E-state index is 12.1. The van der Waals surface area contributed by atoms with Crippen LogP contribution in [0.25, 0.3) is 16.8 Å². The quantitative estimate of drug-likeness (QED) is 0.689. The zero-order valence-electron chi connectivity index (χ0n) is 15.1. The Labute approximate surface area is 151 Å². The standard InChI is InChI=1S/C19H23N5O2/c1-3-13-7-12(8-14(25)11-26-4-2)9-15(13)19-23-22-17-10-21-18-16(24(17)19)5-6-20-18/h5-6,8,10,13,15,20H,3-4,7,9,11H2,1-2H3/b12-8+. The summed E-state index contributed by atoms with van der Waals surface area (Å²) in [6, 6.07) is 2.00. The summed E-state index contributed by atoms with van der Waals surface area (Å²) < 4.78 is 7.32. The SMILES string of the molecule is CCOCC(=O)/C=C1\CC(CC)C(c2nnc3cnc4[nH]ccc4n23)C1. The van der Waals surface area contributed by atoms with Crippen molar-refractivity contribution >= 4 is 22.6 Å². The van der Waals surface area contributed by atoms with E-state index in [0.29, 0.717) is 12.5 Å². The van der Waals surface area contributed by atoms with E-state index in [4.69, 9.17) is 4.74 Å². The van der Waals surface area contributed by atoms with Crippen molar-refractivity contribution in [2.24, 2.45) is 5.92 Å².